The highest BCUT2D eigenvalue weighted by Crippen LogP contribution is 2.38. The molecular weight excluding hydrogens is 462 g/mol. The molecule has 1 aliphatic carbocycles. The Morgan fingerprint density at radius 1 is 0.919 bits per heavy atom. The highest BCUT2D eigenvalue weighted by molar-refractivity contribution is 5.67. The van der Waals surface area contributed by atoms with Gasteiger partial charge in [-0.1, -0.05) is 12.5 Å². The van der Waals surface area contributed by atoms with Crippen LogP contribution in [0.15, 0.2) is 67.0 Å². The van der Waals surface area contributed by atoms with E-state index >= 15 is 0 Å². The van der Waals surface area contributed by atoms with Crippen molar-refractivity contribution >= 4 is 11.4 Å². The van der Waals surface area contributed by atoms with Crippen molar-refractivity contribution < 1.29 is 14.2 Å². The van der Waals surface area contributed by atoms with Crippen molar-refractivity contribution in [2.75, 3.05) is 32.2 Å². The van der Waals surface area contributed by atoms with Gasteiger partial charge in [-0.2, -0.15) is 0 Å². The summed E-state index contributed by atoms with van der Waals surface area (Å²) in [5.74, 6) is 2.48. The molecule has 5 rings (SSSR count). The van der Waals surface area contributed by atoms with Crippen LogP contribution in [0.3, 0.4) is 0 Å². The van der Waals surface area contributed by atoms with Crippen molar-refractivity contribution in [3.8, 4) is 17.2 Å². The van der Waals surface area contributed by atoms with Crippen LogP contribution in [0.25, 0.3) is 0 Å². The lowest BCUT2D eigenvalue weighted by molar-refractivity contribution is 0.125. The zero-order chi connectivity index (χ0) is 25.5. The van der Waals surface area contributed by atoms with Crippen LogP contribution in [0.5, 0.6) is 17.2 Å². The number of hydrogen-bond donors (Lipinski definition) is 0. The average molecular weight is 502 g/mol. The van der Waals surface area contributed by atoms with Gasteiger partial charge in [0.2, 0.25) is 0 Å². The number of methoxy groups -OCH3 is 1. The molecule has 0 bridgehead atoms. The number of hydrogen-bond acceptors (Lipinski definition) is 6. The molecule has 6 heteroatoms. The van der Waals surface area contributed by atoms with Gasteiger partial charge >= 0.3 is 0 Å². The number of likely N-dealkylation sites (N-methyl/N-ethyl adjacent to an activating group) is 1. The molecule has 1 aliphatic heterocycles. The molecule has 3 aromatic rings. The number of nitrogens with zero attached hydrogens (tertiary/aromatic N) is 3. The zero-order valence-corrected chi connectivity index (χ0v) is 22.1. The smallest absolute Gasteiger partial charge is 0.163 e. The summed E-state index contributed by atoms with van der Waals surface area (Å²) in [6.45, 7) is 2.58. The van der Waals surface area contributed by atoms with Crippen LogP contribution < -0.4 is 19.1 Å². The normalized spacial score (nSPS) is 18.5. The molecule has 0 spiro atoms. The lowest BCUT2D eigenvalue weighted by atomic mass is 10.0. The quantitative estimate of drug-likeness (QED) is 0.311. The molecule has 1 saturated heterocycles. The van der Waals surface area contributed by atoms with Gasteiger partial charge in [-0.05, 0) is 100 Å². The number of rotatable bonds is 10. The fourth-order valence-corrected chi connectivity index (χ4v) is 5.39. The summed E-state index contributed by atoms with van der Waals surface area (Å²) < 4.78 is 18.2. The molecule has 2 heterocycles. The van der Waals surface area contributed by atoms with Crippen LogP contribution in [-0.4, -0.2) is 49.3 Å². The van der Waals surface area contributed by atoms with Crippen molar-refractivity contribution in [2.24, 2.45) is 0 Å². The number of aromatic nitrogens is 1. The van der Waals surface area contributed by atoms with Crippen LogP contribution in [-0.2, 0) is 6.54 Å². The third kappa shape index (κ3) is 6.55. The summed E-state index contributed by atoms with van der Waals surface area (Å²) >= 11 is 0. The fraction of sp³-hybridized carbons (Fsp3) is 0.452. The monoisotopic (exact) mass is 501 g/mol. The first-order valence-corrected chi connectivity index (χ1v) is 13.6. The predicted molar refractivity (Wildman–Crippen MR) is 148 cm³/mol. The summed E-state index contributed by atoms with van der Waals surface area (Å²) in [6.07, 6.45) is 12.4. The van der Waals surface area contributed by atoms with E-state index in [1.165, 1.54) is 32.1 Å². The minimum atomic E-state index is 0.260. The van der Waals surface area contributed by atoms with Crippen LogP contribution in [0.1, 0.15) is 50.5 Å². The van der Waals surface area contributed by atoms with Gasteiger partial charge in [-0.25, -0.2) is 0 Å². The number of ether oxygens (including phenoxy) is 3. The van der Waals surface area contributed by atoms with E-state index in [4.69, 9.17) is 14.2 Å². The topological polar surface area (TPSA) is 47.1 Å². The molecule has 2 fully saturated rings. The first-order valence-electron chi connectivity index (χ1n) is 13.6. The second kappa shape index (κ2) is 12.3. The summed E-state index contributed by atoms with van der Waals surface area (Å²) in [5, 5.41) is 0. The van der Waals surface area contributed by atoms with Gasteiger partial charge in [0.05, 0.1) is 13.2 Å². The van der Waals surface area contributed by atoms with Crippen molar-refractivity contribution in [1.82, 2.24) is 9.88 Å². The van der Waals surface area contributed by atoms with Crippen molar-refractivity contribution in [2.45, 2.75) is 63.6 Å². The largest absolute Gasteiger partial charge is 0.493 e. The van der Waals surface area contributed by atoms with Crippen molar-refractivity contribution in [1.29, 1.82) is 0 Å². The van der Waals surface area contributed by atoms with E-state index in [-0.39, 0.29) is 6.10 Å². The van der Waals surface area contributed by atoms with Crippen LogP contribution in [0, 0.1) is 0 Å². The second-order valence-electron chi connectivity index (χ2n) is 10.2. The molecule has 0 radical (unpaired) electrons. The Labute approximate surface area is 221 Å². The standard InChI is InChI=1S/C31H39N3O3/c1-33-19-6-5-9-27(33)23-36-28-15-12-25(13-16-28)34(22-24-8-7-18-32-21-24)26-14-17-30(35-2)31(20-26)37-29-10-3-4-11-29/h7-8,12-18,20-21,27,29H,3-6,9-11,19,22-23H2,1-2H3. The number of anilines is 2. The van der Waals surface area contributed by atoms with Gasteiger partial charge in [0.15, 0.2) is 11.5 Å². The summed E-state index contributed by atoms with van der Waals surface area (Å²) in [5.41, 5.74) is 3.27. The maximum absolute atomic E-state index is 6.40. The third-order valence-corrected chi connectivity index (χ3v) is 7.63. The van der Waals surface area contributed by atoms with Gasteiger partial charge in [0, 0.05) is 42.4 Å². The summed E-state index contributed by atoms with van der Waals surface area (Å²) in [4.78, 5) is 9.04. The molecule has 2 aromatic carbocycles. The molecule has 1 unspecified atom stereocenters. The molecule has 1 atom stereocenters. The van der Waals surface area contributed by atoms with Gasteiger partial charge in [0.25, 0.3) is 0 Å². The number of likely N-dealkylation sites (tertiary alicyclic amines) is 1. The third-order valence-electron chi connectivity index (χ3n) is 7.63. The molecule has 0 N–H and O–H groups in total. The van der Waals surface area contributed by atoms with Crippen LogP contribution >= 0.6 is 0 Å². The van der Waals surface area contributed by atoms with Gasteiger partial charge in [-0.15, -0.1) is 0 Å². The summed E-state index contributed by atoms with van der Waals surface area (Å²) in [7, 11) is 3.90. The SMILES string of the molecule is COc1ccc(N(Cc2cccnc2)c2ccc(OCC3CCCCN3C)cc2)cc1OC1CCCC1. The lowest BCUT2D eigenvalue weighted by Crippen LogP contribution is -2.40. The minimum Gasteiger partial charge on any atom is -0.493 e. The van der Waals surface area contributed by atoms with Gasteiger partial charge < -0.3 is 24.0 Å². The molecule has 1 saturated carbocycles. The molecule has 37 heavy (non-hydrogen) atoms. The molecule has 196 valence electrons. The van der Waals surface area contributed by atoms with Gasteiger partial charge in [0.1, 0.15) is 12.4 Å². The van der Waals surface area contributed by atoms with Crippen LogP contribution in [0.4, 0.5) is 11.4 Å². The first kappa shape index (κ1) is 25.4. The summed E-state index contributed by atoms with van der Waals surface area (Å²) in [6, 6.07) is 19.2. The Morgan fingerprint density at radius 2 is 1.70 bits per heavy atom. The Morgan fingerprint density at radius 3 is 2.43 bits per heavy atom. The van der Waals surface area contributed by atoms with E-state index in [2.05, 4.69) is 64.3 Å². The molecular formula is C31H39N3O3. The van der Waals surface area contributed by atoms with Crippen molar-refractivity contribution in [3.63, 3.8) is 0 Å². The average Bonchev–Trinajstić information content (AvgIpc) is 3.45. The van der Waals surface area contributed by atoms with Crippen molar-refractivity contribution in [3.05, 3.63) is 72.6 Å². The Kier molecular flexibility index (Phi) is 8.46. The first-order chi connectivity index (χ1) is 18.2. The highest BCUT2D eigenvalue weighted by Gasteiger charge is 2.21. The lowest BCUT2D eigenvalue weighted by Gasteiger charge is -2.32. The fourth-order valence-electron chi connectivity index (χ4n) is 5.39. The number of benzene rings is 2. The number of piperidine rings is 1. The molecule has 2 aliphatic rings. The van der Waals surface area contributed by atoms with E-state index in [1.807, 2.05) is 24.5 Å². The second-order valence-corrected chi connectivity index (χ2v) is 10.2. The minimum absolute atomic E-state index is 0.260. The maximum atomic E-state index is 6.40. The molecule has 6 nitrogen and oxygen atoms in total. The van der Waals surface area contributed by atoms with E-state index in [1.54, 1.807) is 7.11 Å². The zero-order valence-electron chi connectivity index (χ0n) is 22.1. The maximum Gasteiger partial charge on any atom is 0.163 e. The Balaban J connectivity index is 1.37. The molecule has 0 amide bonds. The molecule has 1 aromatic heterocycles. The van der Waals surface area contributed by atoms with E-state index < -0.39 is 0 Å². The predicted octanol–water partition coefficient (Wildman–Crippen LogP) is 6.61. The number of pyridine rings is 1. The highest BCUT2D eigenvalue weighted by atomic mass is 16.5. The Bertz CT molecular complexity index is 1120. The van der Waals surface area contributed by atoms with E-state index in [0.717, 1.165) is 60.2 Å². The van der Waals surface area contributed by atoms with Gasteiger partial charge in [-0.3, -0.25) is 4.98 Å². The van der Waals surface area contributed by atoms with E-state index in [9.17, 15) is 0 Å². The van der Waals surface area contributed by atoms with E-state index in [0.29, 0.717) is 12.6 Å². The van der Waals surface area contributed by atoms with Crippen LogP contribution in [0.2, 0.25) is 0 Å². The Hall–Kier alpha value is -3.25.